The lowest BCUT2D eigenvalue weighted by molar-refractivity contribution is -0.157. The minimum atomic E-state index is -1.38. The van der Waals surface area contributed by atoms with Crippen molar-refractivity contribution in [1.82, 2.24) is 0 Å². The van der Waals surface area contributed by atoms with E-state index in [2.05, 4.69) is 6.92 Å². The Balaban J connectivity index is 3.24. The van der Waals surface area contributed by atoms with Crippen molar-refractivity contribution >= 4 is 11.9 Å². The molecule has 6 heteroatoms. The standard InChI is InChI=1S/C23H35O6/c1-15(2)8-7-9-16(3)22-17(4)10-11-20(28-18(5)24)23(6,27)13-12-19(25)14-21(26)29-22/h7-11,15,17,19-20,22,25,27H,1,12-14H2,2-6H3/b8-7+,11-10+,16-9+/t15-,17+,19+,20+,22-,23+/m1/s1. The molecule has 2 N–H and O–H groups in total. The Labute approximate surface area is 174 Å². The smallest absolute Gasteiger partial charge is 0.309 e. The lowest BCUT2D eigenvalue weighted by atomic mass is 9.88. The molecule has 0 aromatic heterocycles. The average Bonchev–Trinajstić information content (AvgIpc) is 2.59. The maximum absolute atomic E-state index is 12.3. The fraction of sp³-hybridized carbons (Fsp3) is 0.609. The van der Waals surface area contributed by atoms with Gasteiger partial charge in [0.2, 0.25) is 0 Å². The zero-order valence-electron chi connectivity index (χ0n) is 18.1. The third-order valence-corrected chi connectivity index (χ3v) is 4.86. The molecule has 0 spiro atoms. The minimum absolute atomic E-state index is 0.150. The number of rotatable bonds is 4. The van der Waals surface area contributed by atoms with E-state index in [4.69, 9.17) is 9.47 Å². The average molecular weight is 408 g/mol. The molecule has 6 nitrogen and oxygen atoms in total. The molecular weight excluding hydrogens is 372 g/mol. The maximum atomic E-state index is 12.3. The number of ether oxygens (including phenoxy) is 2. The van der Waals surface area contributed by atoms with Crippen LogP contribution in [0.5, 0.6) is 0 Å². The zero-order chi connectivity index (χ0) is 22.2. The Hall–Kier alpha value is -1.92. The highest BCUT2D eigenvalue weighted by Gasteiger charge is 2.34. The molecule has 1 radical (unpaired) electrons. The van der Waals surface area contributed by atoms with Gasteiger partial charge in [-0.15, -0.1) is 0 Å². The number of hydrogen-bond acceptors (Lipinski definition) is 6. The normalized spacial score (nSPS) is 33.7. The molecule has 0 bridgehead atoms. The lowest BCUT2D eigenvalue weighted by Crippen LogP contribution is -2.42. The van der Waals surface area contributed by atoms with Crippen LogP contribution >= 0.6 is 0 Å². The van der Waals surface area contributed by atoms with Gasteiger partial charge in [0.15, 0.2) is 0 Å². The van der Waals surface area contributed by atoms with Gasteiger partial charge in [-0.3, -0.25) is 9.59 Å². The molecule has 0 saturated heterocycles. The van der Waals surface area contributed by atoms with Crippen molar-refractivity contribution in [2.45, 2.75) is 77.8 Å². The summed E-state index contributed by atoms with van der Waals surface area (Å²) in [5, 5.41) is 21.0. The van der Waals surface area contributed by atoms with Crippen LogP contribution in [-0.4, -0.2) is 46.1 Å². The summed E-state index contributed by atoms with van der Waals surface area (Å²) in [6.45, 7) is 12.4. The second kappa shape index (κ2) is 11.3. The van der Waals surface area contributed by atoms with Gasteiger partial charge in [-0.2, -0.15) is 0 Å². The van der Waals surface area contributed by atoms with Gasteiger partial charge in [-0.25, -0.2) is 0 Å². The first-order valence-corrected chi connectivity index (χ1v) is 10.1. The Morgan fingerprint density at radius 1 is 1.41 bits per heavy atom. The number of aliphatic hydroxyl groups excluding tert-OH is 1. The summed E-state index contributed by atoms with van der Waals surface area (Å²) in [5.74, 6) is -1.10. The molecule has 6 atom stereocenters. The monoisotopic (exact) mass is 407 g/mol. The Bertz CT molecular complexity index is 644. The SMILES string of the molecule is [CH2][C@H](C)/C=C/C=C(\C)[C@H]1OC(=O)C[C@@H](O)CC[C@](C)(O)[C@@H](OC(C)=O)/C=C/[C@@H]1C. The third-order valence-electron chi connectivity index (χ3n) is 4.86. The topological polar surface area (TPSA) is 93.1 Å². The van der Waals surface area contributed by atoms with Crippen LogP contribution in [0, 0.1) is 18.8 Å². The molecule has 0 amide bonds. The van der Waals surface area contributed by atoms with Gasteiger partial charge in [-0.1, -0.05) is 38.2 Å². The molecule has 0 unspecified atom stereocenters. The van der Waals surface area contributed by atoms with Gasteiger partial charge in [0, 0.05) is 12.8 Å². The second-order valence-electron chi connectivity index (χ2n) is 8.21. The largest absolute Gasteiger partial charge is 0.457 e. The first kappa shape index (κ1) is 25.1. The summed E-state index contributed by atoms with van der Waals surface area (Å²) in [6, 6.07) is 0. The van der Waals surface area contributed by atoms with Gasteiger partial charge < -0.3 is 19.7 Å². The predicted molar refractivity (Wildman–Crippen MR) is 112 cm³/mol. The van der Waals surface area contributed by atoms with Crippen LogP contribution in [0.4, 0.5) is 0 Å². The highest BCUT2D eigenvalue weighted by atomic mass is 16.6. The first-order chi connectivity index (χ1) is 13.4. The van der Waals surface area contributed by atoms with E-state index in [1.165, 1.54) is 6.92 Å². The van der Waals surface area contributed by atoms with E-state index < -0.39 is 35.9 Å². The van der Waals surface area contributed by atoms with Crippen molar-refractivity contribution in [3.05, 3.63) is 42.9 Å². The minimum Gasteiger partial charge on any atom is -0.457 e. The Morgan fingerprint density at radius 2 is 2.07 bits per heavy atom. The third kappa shape index (κ3) is 8.96. The second-order valence-corrected chi connectivity index (χ2v) is 8.21. The van der Waals surface area contributed by atoms with Crippen LogP contribution in [0.15, 0.2) is 36.0 Å². The highest BCUT2D eigenvalue weighted by Crippen LogP contribution is 2.26. The summed E-state index contributed by atoms with van der Waals surface area (Å²) in [7, 11) is 0. The molecule has 163 valence electrons. The maximum Gasteiger partial charge on any atom is 0.309 e. The predicted octanol–water partition coefficient (Wildman–Crippen LogP) is 3.29. The molecule has 0 aromatic carbocycles. The summed E-state index contributed by atoms with van der Waals surface area (Å²) in [6.07, 6.45) is 6.86. The molecular formula is C23H35O6. The number of allylic oxidation sites excluding steroid dienone is 3. The van der Waals surface area contributed by atoms with Gasteiger partial charge in [0.25, 0.3) is 0 Å². The number of aliphatic hydroxyl groups is 2. The van der Waals surface area contributed by atoms with Crippen molar-refractivity contribution in [3.8, 4) is 0 Å². The van der Waals surface area contributed by atoms with Crippen LogP contribution in [0.2, 0.25) is 0 Å². The Kier molecular flexibility index (Phi) is 9.80. The lowest BCUT2D eigenvalue weighted by Gasteiger charge is -2.32. The van der Waals surface area contributed by atoms with E-state index in [1.807, 2.05) is 39.0 Å². The van der Waals surface area contributed by atoms with Crippen LogP contribution in [0.25, 0.3) is 0 Å². The van der Waals surface area contributed by atoms with E-state index in [-0.39, 0.29) is 31.1 Å². The Morgan fingerprint density at radius 3 is 2.66 bits per heavy atom. The number of carbonyl (C=O) groups is 2. The molecule has 1 aliphatic rings. The van der Waals surface area contributed by atoms with Crippen molar-refractivity contribution < 1.29 is 29.3 Å². The van der Waals surface area contributed by atoms with Gasteiger partial charge >= 0.3 is 11.9 Å². The fourth-order valence-corrected chi connectivity index (χ4v) is 3.12. The van der Waals surface area contributed by atoms with E-state index in [1.54, 1.807) is 19.1 Å². The van der Waals surface area contributed by atoms with E-state index in [9.17, 15) is 19.8 Å². The molecule has 1 rings (SSSR count). The molecule has 0 aromatic rings. The zero-order valence-corrected chi connectivity index (χ0v) is 18.1. The quantitative estimate of drug-likeness (QED) is 0.422. The number of cyclic esters (lactones) is 1. The van der Waals surface area contributed by atoms with Crippen LogP contribution in [0.3, 0.4) is 0 Å². The van der Waals surface area contributed by atoms with Crippen LogP contribution in [0.1, 0.15) is 53.9 Å². The molecule has 1 heterocycles. The van der Waals surface area contributed by atoms with Gasteiger partial charge in [-0.05, 0) is 51.2 Å². The summed E-state index contributed by atoms with van der Waals surface area (Å²) >= 11 is 0. The summed E-state index contributed by atoms with van der Waals surface area (Å²) < 4.78 is 11.0. The fourth-order valence-electron chi connectivity index (χ4n) is 3.12. The van der Waals surface area contributed by atoms with Gasteiger partial charge in [0.05, 0.1) is 12.5 Å². The van der Waals surface area contributed by atoms with Crippen molar-refractivity contribution in [1.29, 1.82) is 0 Å². The molecule has 0 aliphatic carbocycles. The number of hydrogen-bond donors (Lipinski definition) is 2. The van der Waals surface area contributed by atoms with Crippen molar-refractivity contribution in [2.75, 3.05) is 0 Å². The molecule has 29 heavy (non-hydrogen) atoms. The molecule has 0 saturated carbocycles. The van der Waals surface area contributed by atoms with Gasteiger partial charge in [0.1, 0.15) is 17.8 Å². The van der Waals surface area contributed by atoms with Crippen molar-refractivity contribution in [3.63, 3.8) is 0 Å². The number of carbonyl (C=O) groups excluding carboxylic acids is 2. The van der Waals surface area contributed by atoms with E-state index in [0.29, 0.717) is 0 Å². The summed E-state index contributed by atoms with van der Waals surface area (Å²) in [4.78, 5) is 23.8. The molecule has 1 aliphatic heterocycles. The van der Waals surface area contributed by atoms with E-state index >= 15 is 0 Å². The highest BCUT2D eigenvalue weighted by molar-refractivity contribution is 5.70. The number of esters is 2. The first-order valence-electron chi connectivity index (χ1n) is 10.1. The van der Waals surface area contributed by atoms with Crippen LogP contribution < -0.4 is 0 Å². The van der Waals surface area contributed by atoms with E-state index in [0.717, 1.165) is 5.57 Å². The molecule has 0 fully saturated rings. The summed E-state index contributed by atoms with van der Waals surface area (Å²) in [5.41, 5.74) is -0.547. The van der Waals surface area contributed by atoms with Crippen molar-refractivity contribution in [2.24, 2.45) is 11.8 Å². The van der Waals surface area contributed by atoms with Crippen LogP contribution in [-0.2, 0) is 19.1 Å².